The van der Waals surface area contributed by atoms with E-state index in [0.717, 1.165) is 74.5 Å². The lowest BCUT2D eigenvalue weighted by molar-refractivity contribution is -0.150. The Kier molecular flexibility index (Phi) is 23.4. The second-order valence-electron chi connectivity index (χ2n) is 22.5. The molecular weight excluding hydrogens is 751 g/mol. The predicted molar refractivity (Wildman–Crippen MR) is 261 cm³/mol. The summed E-state index contributed by atoms with van der Waals surface area (Å²) in [6.45, 7) is 22.2. The molecule has 4 aliphatic rings. The summed E-state index contributed by atoms with van der Waals surface area (Å²) in [5.74, 6) is 8.05. The van der Waals surface area contributed by atoms with E-state index in [2.05, 4.69) is 78.6 Å². The number of allylic oxidation sites excluding steroid dienone is 1. The first-order valence-electron chi connectivity index (χ1n) is 26.6. The Labute approximate surface area is 375 Å². The van der Waals surface area contributed by atoms with Crippen molar-refractivity contribution in [2.75, 3.05) is 26.7 Å². The largest absolute Gasteiger partial charge is 0.394 e. The van der Waals surface area contributed by atoms with Crippen LogP contribution in [0.1, 0.15) is 228 Å². The average molecular weight is 853 g/mol. The van der Waals surface area contributed by atoms with Gasteiger partial charge >= 0.3 is 8.56 Å². The van der Waals surface area contributed by atoms with Crippen molar-refractivity contribution in [3.05, 3.63) is 11.6 Å². The van der Waals surface area contributed by atoms with Gasteiger partial charge in [-0.2, -0.15) is 0 Å². The van der Waals surface area contributed by atoms with Gasteiger partial charge in [0.2, 0.25) is 0 Å². The number of ether oxygens (including phenoxy) is 1. The maximum atomic E-state index is 7.11. The summed E-state index contributed by atoms with van der Waals surface area (Å²) in [5, 5.41) is 0. The van der Waals surface area contributed by atoms with Crippen LogP contribution in [0.25, 0.3) is 0 Å². The summed E-state index contributed by atoms with van der Waals surface area (Å²) >= 11 is 0. The van der Waals surface area contributed by atoms with E-state index in [-0.39, 0.29) is 12.4 Å². The van der Waals surface area contributed by atoms with E-state index in [9.17, 15) is 0 Å². The molecule has 3 fully saturated rings. The van der Waals surface area contributed by atoms with Crippen LogP contribution in [0.5, 0.6) is 0 Å². The van der Waals surface area contributed by atoms with Crippen LogP contribution >= 0.6 is 0 Å². The Morgan fingerprint density at radius 2 is 1.42 bits per heavy atom. The van der Waals surface area contributed by atoms with Crippen LogP contribution in [0.4, 0.5) is 0 Å². The zero-order valence-corrected chi connectivity index (χ0v) is 42.6. The first-order valence-corrected chi connectivity index (χ1v) is 29.4. The van der Waals surface area contributed by atoms with Crippen molar-refractivity contribution in [3.8, 4) is 12.3 Å². The molecule has 9 atom stereocenters. The summed E-state index contributed by atoms with van der Waals surface area (Å²) in [5.41, 5.74) is 2.64. The van der Waals surface area contributed by atoms with Gasteiger partial charge in [-0.25, -0.2) is 0 Å². The molecule has 0 saturated heterocycles. The Morgan fingerprint density at radius 1 is 0.767 bits per heavy atom. The second-order valence-corrected chi connectivity index (χ2v) is 25.8. The van der Waals surface area contributed by atoms with Gasteiger partial charge in [-0.1, -0.05) is 168 Å². The Morgan fingerprint density at radius 3 is 2.08 bits per heavy atom. The van der Waals surface area contributed by atoms with Crippen molar-refractivity contribution in [1.29, 1.82) is 0 Å². The molecule has 5 heteroatoms. The highest BCUT2D eigenvalue weighted by molar-refractivity contribution is 6.64. The fraction of sp³-hybridized carbons (Fsp3) is 0.927. The van der Waals surface area contributed by atoms with Gasteiger partial charge in [-0.05, 0) is 150 Å². The number of nitrogens with zero attached hydrogens (tertiary/aromatic N) is 1. The zero-order valence-electron chi connectivity index (χ0n) is 41.6. The van der Waals surface area contributed by atoms with Gasteiger partial charge in [0.05, 0.1) is 12.6 Å². The summed E-state index contributed by atoms with van der Waals surface area (Å²) in [7, 11) is -0.227. The third kappa shape index (κ3) is 16.4. The van der Waals surface area contributed by atoms with Gasteiger partial charge in [0.15, 0.2) is 0 Å². The molecule has 4 nitrogen and oxygen atoms in total. The van der Waals surface area contributed by atoms with Crippen molar-refractivity contribution in [3.63, 3.8) is 0 Å². The molecule has 0 aliphatic heterocycles. The third-order valence-electron chi connectivity index (χ3n) is 16.8. The van der Waals surface area contributed by atoms with E-state index >= 15 is 0 Å². The number of hydrogen-bond donors (Lipinski definition) is 0. The van der Waals surface area contributed by atoms with Crippen molar-refractivity contribution in [2.45, 2.75) is 253 Å². The van der Waals surface area contributed by atoms with E-state index in [4.69, 9.17) is 20.0 Å². The quantitative estimate of drug-likeness (QED) is 0.0222. The third-order valence-corrected chi connectivity index (χ3v) is 18.5. The minimum absolute atomic E-state index is 0.147. The molecule has 0 aromatic heterocycles. The molecule has 60 heavy (non-hydrogen) atoms. The van der Waals surface area contributed by atoms with Gasteiger partial charge in [0, 0.05) is 6.61 Å². The molecule has 0 spiro atoms. The smallest absolute Gasteiger partial charge is 0.333 e. The van der Waals surface area contributed by atoms with Crippen LogP contribution in [-0.2, 0) is 13.6 Å². The van der Waals surface area contributed by atoms with Crippen LogP contribution in [-0.4, -0.2) is 52.6 Å². The Balaban J connectivity index is 1.28. The van der Waals surface area contributed by atoms with Crippen LogP contribution in [0, 0.1) is 58.7 Å². The highest BCUT2D eigenvalue weighted by Crippen LogP contribution is 2.67. The molecular formula is C55H101NO3Si. The van der Waals surface area contributed by atoms with Crippen molar-refractivity contribution < 1.29 is 13.6 Å². The SMILES string of the molecule is C#CCN(C)CCCCCCO[Si](C)(C)OC(CCCCCCCCCCCCCCC)OC1CCC2(C)C(=CCC3C2CCC2(C)C(C(C)CCCC(C)C)CCC32)C1. The highest BCUT2D eigenvalue weighted by atomic mass is 28.4. The highest BCUT2D eigenvalue weighted by Gasteiger charge is 2.59. The number of rotatable bonds is 32. The van der Waals surface area contributed by atoms with Crippen molar-refractivity contribution >= 4 is 8.56 Å². The standard InChI is InChI=1S/C55H101NO3Si/c1-11-13-14-15-16-17-18-19-20-21-22-23-26-32-53(59-60(9,10)57-43-28-25-24-27-42-56(8)41-12-2)58-48-37-39-54(6)47(44-48)33-34-49-51-36-35-50(46(5)31-29-30-45(3)4)55(51,7)40-38-52(49)54/h2,33,45-46,48-53H,11,13-32,34-44H2,1,3-10H3. The van der Waals surface area contributed by atoms with E-state index in [0.29, 0.717) is 10.8 Å². The monoisotopic (exact) mass is 852 g/mol. The van der Waals surface area contributed by atoms with E-state index in [1.54, 1.807) is 5.57 Å². The van der Waals surface area contributed by atoms with E-state index in [1.807, 2.05) is 0 Å². The van der Waals surface area contributed by atoms with Crippen LogP contribution < -0.4 is 0 Å². The predicted octanol–water partition coefficient (Wildman–Crippen LogP) is 16.1. The maximum Gasteiger partial charge on any atom is 0.333 e. The van der Waals surface area contributed by atoms with Gasteiger partial charge in [-0.3, -0.25) is 4.90 Å². The van der Waals surface area contributed by atoms with Crippen LogP contribution in [0.3, 0.4) is 0 Å². The lowest BCUT2D eigenvalue weighted by atomic mass is 9.47. The fourth-order valence-corrected chi connectivity index (χ4v) is 14.7. The van der Waals surface area contributed by atoms with Gasteiger partial charge in [0.1, 0.15) is 6.29 Å². The Hall–Kier alpha value is -0.643. The van der Waals surface area contributed by atoms with Crippen molar-refractivity contribution in [1.82, 2.24) is 4.90 Å². The Bertz CT molecular complexity index is 1240. The summed E-state index contributed by atoms with van der Waals surface area (Å²) in [6.07, 6.45) is 47.0. The molecule has 348 valence electrons. The first kappa shape index (κ1) is 52.0. The number of hydrogen-bond acceptors (Lipinski definition) is 4. The molecule has 0 bridgehead atoms. The average Bonchev–Trinajstić information content (AvgIpc) is 3.56. The van der Waals surface area contributed by atoms with E-state index in [1.165, 1.54) is 167 Å². The fourth-order valence-electron chi connectivity index (χ4n) is 13.2. The normalized spacial score (nSPS) is 28.9. The minimum Gasteiger partial charge on any atom is -0.394 e. The molecule has 0 aromatic carbocycles. The maximum absolute atomic E-state index is 7.11. The molecule has 0 N–H and O–H groups in total. The zero-order chi connectivity index (χ0) is 43.4. The molecule has 4 rings (SSSR count). The summed E-state index contributed by atoms with van der Waals surface area (Å²) in [6, 6.07) is 0. The second kappa shape index (κ2) is 27.0. The topological polar surface area (TPSA) is 30.9 Å². The lowest BCUT2D eigenvalue weighted by Crippen LogP contribution is -2.51. The molecule has 0 radical (unpaired) electrons. The molecule has 3 saturated carbocycles. The summed E-state index contributed by atoms with van der Waals surface area (Å²) < 4.78 is 20.6. The lowest BCUT2D eigenvalue weighted by Gasteiger charge is -2.58. The number of terminal acetylenes is 1. The van der Waals surface area contributed by atoms with Gasteiger partial charge < -0.3 is 13.6 Å². The van der Waals surface area contributed by atoms with Crippen LogP contribution in [0.2, 0.25) is 13.1 Å². The van der Waals surface area contributed by atoms with Gasteiger partial charge in [-0.15, -0.1) is 6.42 Å². The minimum atomic E-state index is -2.34. The summed E-state index contributed by atoms with van der Waals surface area (Å²) in [4.78, 5) is 2.23. The van der Waals surface area contributed by atoms with Gasteiger partial charge in [0.25, 0.3) is 0 Å². The number of unbranched alkanes of at least 4 members (excludes halogenated alkanes) is 15. The van der Waals surface area contributed by atoms with Crippen LogP contribution in [0.15, 0.2) is 11.6 Å². The molecule has 4 aliphatic carbocycles. The first-order chi connectivity index (χ1) is 28.8. The molecule has 0 heterocycles. The number of fused-ring (bicyclic) bond motifs is 5. The van der Waals surface area contributed by atoms with E-state index < -0.39 is 8.56 Å². The molecule has 9 unspecified atom stereocenters. The van der Waals surface area contributed by atoms with Crippen molar-refractivity contribution in [2.24, 2.45) is 46.3 Å². The molecule has 0 aromatic rings. The molecule has 0 amide bonds.